The van der Waals surface area contributed by atoms with Gasteiger partial charge in [-0.2, -0.15) is 0 Å². The zero-order chi connectivity index (χ0) is 16.4. The van der Waals surface area contributed by atoms with Crippen LogP contribution in [-0.2, 0) is 10.0 Å². The van der Waals surface area contributed by atoms with Gasteiger partial charge in [-0.1, -0.05) is 34.1 Å². The Labute approximate surface area is 143 Å². The molecule has 1 saturated carbocycles. The van der Waals surface area contributed by atoms with Crippen LogP contribution in [0.1, 0.15) is 23.2 Å². The van der Waals surface area contributed by atoms with E-state index >= 15 is 0 Å². The number of hydrogen-bond donors (Lipinski definition) is 2. The number of anilines is 1. The summed E-state index contributed by atoms with van der Waals surface area (Å²) in [6.07, 6.45) is 1.94. The minimum Gasteiger partial charge on any atom is -0.349 e. The Hall–Kier alpha value is -1.86. The maximum Gasteiger partial charge on any atom is 0.261 e. The average Bonchev–Trinajstić information content (AvgIpc) is 3.31. The third kappa shape index (κ3) is 3.92. The first-order valence-corrected chi connectivity index (χ1v) is 9.41. The summed E-state index contributed by atoms with van der Waals surface area (Å²) in [7, 11) is -3.76. The van der Waals surface area contributed by atoms with Gasteiger partial charge < -0.3 is 5.32 Å². The molecule has 0 aromatic heterocycles. The van der Waals surface area contributed by atoms with E-state index in [1.807, 2.05) is 0 Å². The van der Waals surface area contributed by atoms with Crippen LogP contribution in [0, 0.1) is 0 Å². The van der Waals surface area contributed by atoms with Crippen LogP contribution in [0.25, 0.3) is 0 Å². The molecule has 2 aromatic carbocycles. The summed E-state index contributed by atoms with van der Waals surface area (Å²) in [5, 5.41) is 2.86. The van der Waals surface area contributed by atoms with Gasteiger partial charge in [0.1, 0.15) is 0 Å². The minimum absolute atomic E-state index is 0.129. The molecule has 23 heavy (non-hydrogen) atoms. The minimum atomic E-state index is -3.76. The molecule has 0 atom stereocenters. The number of amides is 1. The molecule has 2 N–H and O–H groups in total. The second kappa shape index (κ2) is 6.33. The summed E-state index contributed by atoms with van der Waals surface area (Å²) < 4.78 is 28.2. The molecule has 1 aliphatic rings. The highest BCUT2D eigenvalue weighted by Crippen LogP contribution is 2.24. The highest BCUT2D eigenvalue weighted by Gasteiger charge is 2.25. The smallest absolute Gasteiger partial charge is 0.261 e. The number of carbonyl (C=O) groups excluding carboxylic acids is 1. The van der Waals surface area contributed by atoms with Gasteiger partial charge in [-0.15, -0.1) is 0 Å². The summed E-state index contributed by atoms with van der Waals surface area (Å²) in [6, 6.07) is 13.2. The van der Waals surface area contributed by atoms with Gasteiger partial charge in [-0.05, 0) is 43.2 Å². The van der Waals surface area contributed by atoms with Crippen LogP contribution in [-0.4, -0.2) is 20.4 Å². The molecule has 0 spiro atoms. The molecule has 0 aliphatic heterocycles. The first-order valence-electron chi connectivity index (χ1n) is 7.14. The molecule has 0 bridgehead atoms. The van der Waals surface area contributed by atoms with Gasteiger partial charge in [-0.25, -0.2) is 8.42 Å². The molecule has 0 saturated heterocycles. The maximum absolute atomic E-state index is 12.5. The van der Waals surface area contributed by atoms with Crippen molar-refractivity contribution in [2.45, 2.75) is 23.8 Å². The Kier molecular flexibility index (Phi) is 4.41. The molecule has 2 aromatic rings. The lowest BCUT2D eigenvalue weighted by Gasteiger charge is -2.12. The molecular weight excluding hydrogens is 380 g/mol. The fourth-order valence-electron chi connectivity index (χ4n) is 2.10. The van der Waals surface area contributed by atoms with Crippen molar-refractivity contribution in [1.29, 1.82) is 0 Å². The first-order chi connectivity index (χ1) is 11.0. The topological polar surface area (TPSA) is 75.3 Å². The maximum atomic E-state index is 12.5. The normalized spacial score (nSPS) is 14.3. The fourth-order valence-corrected chi connectivity index (χ4v) is 3.77. The van der Waals surface area contributed by atoms with Gasteiger partial charge in [0, 0.05) is 10.5 Å². The van der Waals surface area contributed by atoms with Crippen molar-refractivity contribution in [3.05, 3.63) is 58.6 Å². The number of benzene rings is 2. The van der Waals surface area contributed by atoms with Crippen LogP contribution >= 0.6 is 15.9 Å². The summed E-state index contributed by atoms with van der Waals surface area (Å²) in [4.78, 5) is 12.4. The van der Waals surface area contributed by atoms with Crippen molar-refractivity contribution in [1.82, 2.24) is 5.32 Å². The van der Waals surface area contributed by atoms with Crippen molar-refractivity contribution in [2.24, 2.45) is 0 Å². The Bertz CT molecular complexity index is 848. The van der Waals surface area contributed by atoms with Crippen molar-refractivity contribution >= 4 is 37.5 Å². The van der Waals surface area contributed by atoms with Crippen LogP contribution in [0.15, 0.2) is 57.9 Å². The lowest BCUT2D eigenvalue weighted by molar-refractivity contribution is 0.0952. The van der Waals surface area contributed by atoms with Crippen LogP contribution in [0.4, 0.5) is 5.69 Å². The van der Waals surface area contributed by atoms with Crippen molar-refractivity contribution < 1.29 is 13.2 Å². The summed E-state index contributed by atoms with van der Waals surface area (Å²) >= 11 is 3.26. The molecule has 3 rings (SSSR count). The van der Waals surface area contributed by atoms with Gasteiger partial charge in [0.15, 0.2) is 0 Å². The molecule has 1 fully saturated rings. The van der Waals surface area contributed by atoms with Crippen LogP contribution in [0.2, 0.25) is 0 Å². The van der Waals surface area contributed by atoms with Crippen LogP contribution < -0.4 is 10.0 Å². The summed E-state index contributed by atoms with van der Waals surface area (Å²) in [5.41, 5.74) is 0.587. The molecule has 7 heteroatoms. The monoisotopic (exact) mass is 394 g/mol. The molecule has 0 radical (unpaired) electrons. The second-order valence-corrected chi connectivity index (χ2v) is 7.95. The molecule has 0 unspecified atom stereocenters. The summed E-state index contributed by atoms with van der Waals surface area (Å²) in [6.45, 7) is 0. The third-order valence-corrected chi connectivity index (χ3v) is 5.29. The zero-order valence-electron chi connectivity index (χ0n) is 12.1. The highest BCUT2D eigenvalue weighted by atomic mass is 79.9. The Balaban J connectivity index is 1.88. The van der Waals surface area contributed by atoms with E-state index in [-0.39, 0.29) is 22.5 Å². The predicted octanol–water partition coefficient (Wildman–Crippen LogP) is 3.14. The lowest BCUT2D eigenvalue weighted by atomic mass is 10.1. The van der Waals surface area contributed by atoms with Gasteiger partial charge in [0.25, 0.3) is 15.9 Å². The number of halogens is 1. The zero-order valence-corrected chi connectivity index (χ0v) is 14.5. The predicted molar refractivity (Wildman–Crippen MR) is 91.9 cm³/mol. The highest BCUT2D eigenvalue weighted by molar-refractivity contribution is 9.10. The second-order valence-electron chi connectivity index (χ2n) is 5.36. The molecular formula is C16H15BrN2O3S. The van der Waals surface area contributed by atoms with Gasteiger partial charge in [0.2, 0.25) is 0 Å². The molecule has 5 nitrogen and oxygen atoms in total. The van der Waals surface area contributed by atoms with E-state index < -0.39 is 10.0 Å². The Morgan fingerprint density at radius 1 is 1.09 bits per heavy atom. The Morgan fingerprint density at radius 2 is 1.83 bits per heavy atom. The van der Waals surface area contributed by atoms with Gasteiger partial charge >= 0.3 is 0 Å². The largest absolute Gasteiger partial charge is 0.349 e. The van der Waals surface area contributed by atoms with E-state index in [4.69, 9.17) is 0 Å². The van der Waals surface area contributed by atoms with E-state index in [9.17, 15) is 13.2 Å². The number of rotatable bonds is 5. The van der Waals surface area contributed by atoms with Crippen molar-refractivity contribution in [2.75, 3.05) is 4.72 Å². The number of hydrogen-bond acceptors (Lipinski definition) is 3. The standard InChI is InChI=1S/C16H15BrN2O3S/c17-11-4-3-5-13(10-11)23(21,22)19-15-7-2-1-6-14(15)16(20)18-12-8-9-12/h1-7,10,12,19H,8-9H2,(H,18,20). The van der Waals surface area contributed by atoms with E-state index in [1.54, 1.807) is 36.4 Å². The number of carbonyl (C=O) groups is 1. The van der Waals surface area contributed by atoms with E-state index in [0.717, 1.165) is 12.8 Å². The summed E-state index contributed by atoms with van der Waals surface area (Å²) in [5.74, 6) is -0.264. The van der Waals surface area contributed by atoms with Crippen molar-refractivity contribution in [3.8, 4) is 0 Å². The molecule has 1 amide bonds. The fraction of sp³-hybridized carbons (Fsp3) is 0.188. The number of para-hydroxylation sites is 1. The van der Waals surface area contributed by atoms with Crippen molar-refractivity contribution in [3.63, 3.8) is 0 Å². The third-order valence-electron chi connectivity index (χ3n) is 3.43. The lowest BCUT2D eigenvalue weighted by Crippen LogP contribution is -2.27. The van der Waals surface area contributed by atoms with E-state index in [1.165, 1.54) is 12.1 Å². The Morgan fingerprint density at radius 3 is 2.52 bits per heavy atom. The number of nitrogens with one attached hydrogen (secondary N) is 2. The number of sulfonamides is 1. The molecule has 1 aliphatic carbocycles. The SMILES string of the molecule is O=C(NC1CC1)c1ccccc1NS(=O)(=O)c1cccc(Br)c1. The van der Waals surface area contributed by atoms with E-state index in [2.05, 4.69) is 26.0 Å². The van der Waals surface area contributed by atoms with Crippen LogP contribution in [0.3, 0.4) is 0 Å². The quantitative estimate of drug-likeness (QED) is 0.817. The van der Waals surface area contributed by atoms with Gasteiger partial charge in [-0.3, -0.25) is 9.52 Å². The van der Waals surface area contributed by atoms with E-state index in [0.29, 0.717) is 10.0 Å². The molecule has 0 heterocycles. The molecule has 120 valence electrons. The first kappa shape index (κ1) is 16.0. The van der Waals surface area contributed by atoms with Crippen LogP contribution in [0.5, 0.6) is 0 Å². The van der Waals surface area contributed by atoms with Gasteiger partial charge in [0.05, 0.1) is 16.1 Å². The average molecular weight is 395 g/mol.